The van der Waals surface area contributed by atoms with E-state index in [4.69, 9.17) is 10.8 Å². The van der Waals surface area contributed by atoms with Gasteiger partial charge in [-0.1, -0.05) is 13.8 Å². The van der Waals surface area contributed by atoms with E-state index in [-0.39, 0.29) is 6.04 Å². The van der Waals surface area contributed by atoms with Gasteiger partial charge in [-0.2, -0.15) is 5.10 Å². The van der Waals surface area contributed by atoms with Crippen molar-refractivity contribution in [3.8, 4) is 0 Å². The van der Waals surface area contributed by atoms with Crippen LogP contribution in [-0.4, -0.2) is 9.78 Å². The summed E-state index contributed by atoms with van der Waals surface area (Å²) >= 11 is 0. The third-order valence-electron chi connectivity index (χ3n) is 6.21. The van der Waals surface area contributed by atoms with Crippen LogP contribution in [0.5, 0.6) is 0 Å². The van der Waals surface area contributed by atoms with E-state index in [1.165, 1.54) is 37.7 Å². The maximum Gasteiger partial charge on any atom is 0.0576 e. The first-order valence-electron chi connectivity index (χ1n) is 8.41. The van der Waals surface area contributed by atoms with Gasteiger partial charge in [0.2, 0.25) is 0 Å². The quantitative estimate of drug-likeness (QED) is 0.915. The van der Waals surface area contributed by atoms with E-state index in [2.05, 4.69) is 24.7 Å². The van der Waals surface area contributed by atoms with Crippen LogP contribution in [0, 0.1) is 29.6 Å². The molecule has 1 unspecified atom stereocenters. The molecule has 4 bridgehead atoms. The van der Waals surface area contributed by atoms with Crippen LogP contribution in [0.15, 0.2) is 12.4 Å². The fraction of sp³-hybridized carbons (Fsp3) is 0.824. The second kappa shape index (κ2) is 4.59. The molecule has 0 aliphatic heterocycles. The van der Waals surface area contributed by atoms with Gasteiger partial charge in [-0.25, -0.2) is 0 Å². The summed E-state index contributed by atoms with van der Waals surface area (Å²) in [5.41, 5.74) is 7.49. The van der Waals surface area contributed by atoms with E-state index < -0.39 is 0 Å². The fourth-order valence-electron chi connectivity index (χ4n) is 5.40. The van der Waals surface area contributed by atoms with Crippen molar-refractivity contribution in [2.24, 2.45) is 35.3 Å². The molecule has 1 heterocycles. The Labute approximate surface area is 121 Å². The molecule has 1 atom stereocenters. The summed E-state index contributed by atoms with van der Waals surface area (Å²) in [5.74, 6) is 4.30. The fourth-order valence-corrected chi connectivity index (χ4v) is 5.40. The highest BCUT2D eigenvalue weighted by Gasteiger charge is 2.49. The van der Waals surface area contributed by atoms with E-state index in [0.29, 0.717) is 12.0 Å². The molecule has 5 rings (SSSR count). The van der Waals surface area contributed by atoms with Crippen LogP contribution in [0.2, 0.25) is 0 Å². The molecular weight excluding hydrogens is 246 g/mol. The minimum absolute atomic E-state index is 0.126. The highest BCUT2D eigenvalue weighted by molar-refractivity contribution is 5.12. The lowest BCUT2D eigenvalue weighted by molar-refractivity contribution is -0.0336. The van der Waals surface area contributed by atoms with Crippen molar-refractivity contribution < 1.29 is 0 Å². The molecule has 2 N–H and O–H groups in total. The van der Waals surface area contributed by atoms with Gasteiger partial charge in [-0.05, 0) is 61.7 Å². The molecule has 0 spiro atoms. The molecule has 20 heavy (non-hydrogen) atoms. The Balaban J connectivity index is 1.59. The molecule has 0 amide bonds. The first kappa shape index (κ1) is 12.9. The van der Waals surface area contributed by atoms with E-state index in [9.17, 15) is 0 Å². The monoisotopic (exact) mass is 273 g/mol. The summed E-state index contributed by atoms with van der Waals surface area (Å²) in [4.78, 5) is 0. The van der Waals surface area contributed by atoms with Crippen LogP contribution >= 0.6 is 0 Å². The number of hydrogen-bond acceptors (Lipinski definition) is 2. The van der Waals surface area contributed by atoms with Crippen molar-refractivity contribution in [3.05, 3.63) is 18.0 Å². The van der Waals surface area contributed by atoms with Crippen molar-refractivity contribution in [3.63, 3.8) is 0 Å². The summed E-state index contributed by atoms with van der Waals surface area (Å²) in [6.07, 6.45) is 11.6. The van der Waals surface area contributed by atoms with Crippen LogP contribution in [0.4, 0.5) is 0 Å². The Kier molecular flexibility index (Phi) is 2.95. The molecular formula is C17H27N3. The van der Waals surface area contributed by atoms with E-state index in [1.807, 2.05) is 6.20 Å². The van der Waals surface area contributed by atoms with Gasteiger partial charge in [0.1, 0.15) is 0 Å². The Hall–Kier alpha value is -0.830. The van der Waals surface area contributed by atoms with Crippen molar-refractivity contribution in [2.45, 2.75) is 58.0 Å². The highest BCUT2D eigenvalue weighted by atomic mass is 15.3. The molecule has 3 nitrogen and oxygen atoms in total. The molecule has 4 saturated carbocycles. The minimum atomic E-state index is 0.126. The van der Waals surface area contributed by atoms with Gasteiger partial charge >= 0.3 is 0 Å². The summed E-state index contributed by atoms with van der Waals surface area (Å²) in [6, 6.07) is 0.788. The van der Waals surface area contributed by atoms with Gasteiger partial charge in [0, 0.05) is 17.8 Å². The second-order valence-corrected chi connectivity index (χ2v) is 7.94. The maximum absolute atomic E-state index is 6.27. The van der Waals surface area contributed by atoms with Gasteiger partial charge in [0.15, 0.2) is 0 Å². The zero-order valence-electron chi connectivity index (χ0n) is 12.7. The Morgan fingerprint density at radius 2 is 1.70 bits per heavy atom. The van der Waals surface area contributed by atoms with Gasteiger partial charge < -0.3 is 5.73 Å². The van der Waals surface area contributed by atoms with E-state index in [1.54, 1.807) is 0 Å². The second-order valence-electron chi connectivity index (χ2n) is 7.94. The molecule has 4 aliphatic rings. The molecule has 110 valence electrons. The Morgan fingerprint density at radius 1 is 1.10 bits per heavy atom. The van der Waals surface area contributed by atoms with Gasteiger partial charge in [-0.3, -0.25) is 4.68 Å². The smallest absolute Gasteiger partial charge is 0.0576 e. The first-order chi connectivity index (χ1) is 9.61. The van der Waals surface area contributed by atoms with E-state index in [0.717, 1.165) is 23.7 Å². The number of nitrogens with zero attached hydrogens (tertiary/aromatic N) is 2. The van der Waals surface area contributed by atoms with Crippen LogP contribution in [0.25, 0.3) is 0 Å². The van der Waals surface area contributed by atoms with Gasteiger partial charge in [-0.15, -0.1) is 0 Å². The van der Waals surface area contributed by atoms with E-state index >= 15 is 0 Å². The van der Waals surface area contributed by atoms with Crippen molar-refractivity contribution in [2.75, 3.05) is 0 Å². The third-order valence-corrected chi connectivity index (χ3v) is 6.21. The number of nitrogens with two attached hydrogens (primary N) is 1. The molecule has 1 aromatic rings. The molecule has 4 aliphatic carbocycles. The van der Waals surface area contributed by atoms with Crippen LogP contribution < -0.4 is 5.73 Å². The van der Waals surface area contributed by atoms with Crippen molar-refractivity contribution in [1.29, 1.82) is 0 Å². The number of hydrogen-bond donors (Lipinski definition) is 1. The lowest BCUT2D eigenvalue weighted by atomic mass is 9.54. The lowest BCUT2D eigenvalue weighted by Crippen LogP contribution is -2.46. The van der Waals surface area contributed by atoms with Crippen molar-refractivity contribution >= 4 is 0 Å². The lowest BCUT2D eigenvalue weighted by Gasteiger charge is -2.54. The highest BCUT2D eigenvalue weighted by Crippen LogP contribution is 2.58. The molecule has 0 aromatic carbocycles. The summed E-state index contributed by atoms with van der Waals surface area (Å²) in [7, 11) is 0. The van der Waals surface area contributed by atoms with Crippen LogP contribution in [-0.2, 0) is 0 Å². The third kappa shape index (κ3) is 1.93. The molecule has 0 saturated heterocycles. The average Bonchev–Trinajstić information content (AvgIpc) is 2.85. The standard InChI is InChI=1S/C17H27N3/c1-10(2)16(18)15-8-19-20(9-15)17-13-4-11-3-12(6-13)7-14(17)5-11/h8-14,16-17H,3-7,18H2,1-2H3. The molecule has 4 fully saturated rings. The molecule has 0 radical (unpaired) electrons. The predicted molar refractivity (Wildman–Crippen MR) is 80.1 cm³/mol. The van der Waals surface area contributed by atoms with Crippen LogP contribution in [0.1, 0.15) is 63.6 Å². The SMILES string of the molecule is CC(C)C(N)c1cnn(C2C3CC4CC(C3)CC2C4)c1. The topological polar surface area (TPSA) is 43.8 Å². The largest absolute Gasteiger partial charge is 0.324 e. The Bertz CT molecular complexity index is 462. The van der Waals surface area contributed by atoms with Gasteiger partial charge in [0.25, 0.3) is 0 Å². The maximum atomic E-state index is 6.27. The first-order valence-corrected chi connectivity index (χ1v) is 8.41. The zero-order valence-corrected chi connectivity index (χ0v) is 12.7. The number of rotatable bonds is 3. The average molecular weight is 273 g/mol. The zero-order chi connectivity index (χ0) is 13.9. The van der Waals surface area contributed by atoms with Crippen LogP contribution in [0.3, 0.4) is 0 Å². The molecule has 3 heteroatoms. The minimum Gasteiger partial charge on any atom is -0.324 e. The molecule has 1 aromatic heterocycles. The summed E-state index contributed by atoms with van der Waals surface area (Å²) < 4.78 is 2.28. The summed E-state index contributed by atoms with van der Waals surface area (Å²) in [6.45, 7) is 4.37. The Morgan fingerprint density at radius 3 is 2.25 bits per heavy atom. The summed E-state index contributed by atoms with van der Waals surface area (Å²) in [5, 5.41) is 4.70. The number of aromatic nitrogens is 2. The van der Waals surface area contributed by atoms with Crippen molar-refractivity contribution in [1.82, 2.24) is 9.78 Å². The normalized spacial score (nSPS) is 40.5. The van der Waals surface area contributed by atoms with Gasteiger partial charge in [0.05, 0.1) is 12.2 Å². The predicted octanol–water partition coefficient (Wildman–Crippen LogP) is 3.54.